The molecule has 0 saturated heterocycles. The molecule has 198 valence electrons. The maximum absolute atomic E-state index is 10.5. The zero-order valence-electron chi connectivity index (χ0n) is 19.3. The van der Waals surface area contributed by atoms with Crippen molar-refractivity contribution in [3.05, 3.63) is 35.7 Å². The molecule has 35 heavy (non-hydrogen) atoms. The normalized spacial score (nSPS) is 12.5. The molecule has 0 saturated carbocycles. The molecule has 0 aliphatic heterocycles. The second-order valence-corrected chi connectivity index (χ2v) is 8.57. The van der Waals surface area contributed by atoms with Gasteiger partial charge in [0.05, 0.1) is 44.0 Å². The predicted molar refractivity (Wildman–Crippen MR) is 121 cm³/mol. The molecule has 2 heterocycles. The third kappa shape index (κ3) is 12.6. The summed E-state index contributed by atoms with van der Waals surface area (Å²) in [6, 6.07) is 0. The standard InChI is InChI=1S/C18H33N9O7S/c19-16(9-20-3-5-28)10-25(11-17-13-26(4-6-29)23-21-17)12-18-14-27(24-22-18)15-33-7-1-2-8-34-35(30,31)32/h9,13-14,20,28-29H,1-8,10-12,15,19H2,(H,30,31,32)/b16-9-. The average molecular weight is 520 g/mol. The van der Waals surface area contributed by atoms with Crippen molar-refractivity contribution in [3.8, 4) is 0 Å². The van der Waals surface area contributed by atoms with E-state index < -0.39 is 10.4 Å². The Balaban J connectivity index is 1.87. The molecule has 6 N–H and O–H groups in total. The highest BCUT2D eigenvalue weighted by atomic mass is 32.3. The number of aliphatic hydroxyl groups is 2. The molecule has 2 rings (SSSR count). The first-order valence-electron chi connectivity index (χ1n) is 10.9. The van der Waals surface area contributed by atoms with E-state index in [0.29, 0.717) is 69.3 Å². The summed E-state index contributed by atoms with van der Waals surface area (Å²) in [6.07, 6.45) is 6.07. The number of ether oxygens (including phenoxy) is 1. The van der Waals surface area contributed by atoms with E-state index in [2.05, 4.69) is 30.1 Å². The van der Waals surface area contributed by atoms with Crippen molar-refractivity contribution in [1.29, 1.82) is 0 Å². The molecule has 0 aliphatic carbocycles. The van der Waals surface area contributed by atoms with Gasteiger partial charge in [-0.05, 0) is 12.8 Å². The lowest BCUT2D eigenvalue weighted by Crippen LogP contribution is -2.29. The van der Waals surface area contributed by atoms with Crippen molar-refractivity contribution < 1.29 is 32.1 Å². The SMILES string of the molecule is N/C(=C\NCCO)CN(Cc1cn(CCO)nn1)Cc1cn(COCCCCOS(=O)(=O)O)nn1. The average Bonchev–Trinajstić information content (AvgIpc) is 3.42. The summed E-state index contributed by atoms with van der Waals surface area (Å²) in [5.41, 5.74) is 8.03. The Morgan fingerprint density at radius 1 is 1.09 bits per heavy atom. The van der Waals surface area contributed by atoms with Gasteiger partial charge in [0.2, 0.25) is 0 Å². The van der Waals surface area contributed by atoms with Crippen LogP contribution in [-0.4, -0.2) is 97.6 Å². The van der Waals surface area contributed by atoms with Gasteiger partial charge in [0, 0.05) is 50.9 Å². The number of nitrogens with one attached hydrogen (secondary N) is 1. The van der Waals surface area contributed by atoms with Crippen molar-refractivity contribution in [2.45, 2.75) is 39.2 Å². The molecule has 0 aliphatic rings. The highest BCUT2D eigenvalue weighted by Crippen LogP contribution is 2.08. The number of hydrogen-bond acceptors (Lipinski definition) is 13. The van der Waals surface area contributed by atoms with Gasteiger partial charge in [-0.15, -0.1) is 10.2 Å². The van der Waals surface area contributed by atoms with Crippen molar-refractivity contribution >= 4 is 10.4 Å². The van der Waals surface area contributed by atoms with Crippen LogP contribution >= 0.6 is 0 Å². The van der Waals surface area contributed by atoms with Crippen LogP contribution in [0.15, 0.2) is 24.3 Å². The van der Waals surface area contributed by atoms with Crippen LogP contribution in [0.4, 0.5) is 0 Å². The molecular formula is C18H33N9O7S. The maximum Gasteiger partial charge on any atom is 0.397 e. The van der Waals surface area contributed by atoms with E-state index in [4.69, 9.17) is 25.2 Å². The van der Waals surface area contributed by atoms with Gasteiger partial charge in [0.25, 0.3) is 0 Å². The maximum atomic E-state index is 10.5. The fraction of sp³-hybridized carbons (Fsp3) is 0.667. The number of aromatic nitrogens is 6. The molecule has 0 atom stereocenters. The third-order valence-electron chi connectivity index (χ3n) is 4.36. The Hall–Kier alpha value is -2.67. The van der Waals surface area contributed by atoms with E-state index in [-0.39, 0.29) is 26.6 Å². The minimum Gasteiger partial charge on any atom is -0.400 e. The lowest BCUT2D eigenvalue weighted by Gasteiger charge is -2.20. The second-order valence-electron chi connectivity index (χ2n) is 7.48. The van der Waals surface area contributed by atoms with E-state index in [0.717, 1.165) is 0 Å². The molecule has 0 amide bonds. The Kier molecular flexibility index (Phi) is 12.5. The molecular weight excluding hydrogens is 486 g/mol. The van der Waals surface area contributed by atoms with Gasteiger partial charge in [-0.3, -0.25) is 9.45 Å². The first kappa shape index (κ1) is 28.6. The Labute approximate surface area is 203 Å². The lowest BCUT2D eigenvalue weighted by molar-refractivity contribution is 0.0629. The van der Waals surface area contributed by atoms with Gasteiger partial charge in [-0.1, -0.05) is 10.4 Å². The zero-order chi connectivity index (χ0) is 25.5. The van der Waals surface area contributed by atoms with E-state index in [1.807, 2.05) is 4.90 Å². The summed E-state index contributed by atoms with van der Waals surface area (Å²) in [5, 5.41) is 37.2. The molecule has 2 aromatic heterocycles. The van der Waals surface area contributed by atoms with E-state index in [9.17, 15) is 8.42 Å². The first-order chi connectivity index (χ1) is 16.8. The Morgan fingerprint density at radius 2 is 1.74 bits per heavy atom. The monoisotopic (exact) mass is 519 g/mol. The summed E-state index contributed by atoms with van der Waals surface area (Å²) >= 11 is 0. The first-order valence-corrected chi connectivity index (χ1v) is 12.2. The van der Waals surface area contributed by atoms with Crippen molar-refractivity contribution in [2.24, 2.45) is 5.73 Å². The van der Waals surface area contributed by atoms with E-state index in [1.54, 1.807) is 23.3 Å². The Bertz CT molecular complexity index is 996. The molecule has 0 aromatic carbocycles. The lowest BCUT2D eigenvalue weighted by atomic mass is 10.3. The van der Waals surface area contributed by atoms with Crippen LogP contribution in [0, 0.1) is 0 Å². The second kappa shape index (κ2) is 15.4. The molecule has 0 bridgehead atoms. The third-order valence-corrected chi connectivity index (χ3v) is 4.83. The smallest absolute Gasteiger partial charge is 0.397 e. The summed E-state index contributed by atoms with van der Waals surface area (Å²) in [6.45, 7) is 2.31. The van der Waals surface area contributed by atoms with Crippen molar-refractivity contribution in [1.82, 2.24) is 40.2 Å². The van der Waals surface area contributed by atoms with Crippen LogP contribution in [0.25, 0.3) is 0 Å². The number of aliphatic hydroxyl groups excluding tert-OH is 2. The van der Waals surface area contributed by atoms with E-state index in [1.165, 1.54) is 4.68 Å². The highest BCUT2D eigenvalue weighted by Gasteiger charge is 2.14. The topological polar surface area (TPSA) is 216 Å². The van der Waals surface area contributed by atoms with Gasteiger partial charge in [0.1, 0.15) is 6.73 Å². The molecule has 16 nitrogen and oxygen atoms in total. The number of rotatable bonds is 19. The fourth-order valence-electron chi connectivity index (χ4n) is 2.92. The van der Waals surface area contributed by atoms with Crippen LogP contribution in [0.1, 0.15) is 24.2 Å². The number of nitrogens with two attached hydrogens (primary N) is 1. The fourth-order valence-corrected chi connectivity index (χ4v) is 3.25. The minimum atomic E-state index is -4.41. The number of nitrogens with zero attached hydrogens (tertiary/aromatic N) is 7. The molecule has 0 unspecified atom stereocenters. The molecule has 0 spiro atoms. The van der Waals surface area contributed by atoms with Crippen LogP contribution in [0.2, 0.25) is 0 Å². The quantitative estimate of drug-likeness (QED) is 0.0985. The van der Waals surface area contributed by atoms with Crippen LogP contribution < -0.4 is 11.1 Å². The summed E-state index contributed by atoms with van der Waals surface area (Å²) in [4.78, 5) is 1.99. The number of unbranched alkanes of at least 4 members (excludes halogenated alkanes) is 1. The van der Waals surface area contributed by atoms with Gasteiger partial charge in [-0.25, -0.2) is 13.5 Å². The van der Waals surface area contributed by atoms with Gasteiger partial charge >= 0.3 is 10.4 Å². The zero-order valence-corrected chi connectivity index (χ0v) is 20.1. The van der Waals surface area contributed by atoms with Gasteiger partial charge < -0.3 is 26.0 Å². The molecule has 0 fully saturated rings. The van der Waals surface area contributed by atoms with Crippen LogP contribution in [0.3, 0.4) is 0 Å². The molecule has 2 aromatic rings. The largest absolute Gasteiger partial charge is 0.400 e. The summed E-state index contributed by atoms with van der Waals surface area (Å²) in [5.74, 6) is 0. The summed E-state index contributed by atoms with van der Waals surface area (Å²) < 4.78 is 42.3. The Morgan fingerprint density at radius 3 is 2.40 bits per heavy atom. The van der Waals surface area contributed by atoms with Crippen molar-refractivity contribution in [2.75, 3.05) is 39.5 Å². The van der Waals surface area contributed by atoms with Gasteiger partial charge in [-0.2, -0.15) is 8.42 Å². The highest BCUT2D eigenvalue weighted by molar-refractivity contribution is 7.80. The van der Waals surface area contributed by atoms with E-state index >= 15 is 0 Å². The summed E-state index contributed by atoms with van der Waals surface area (Å²) in [7, 11) is -4.41. The van der Waals surface area contributed by atoms with Gasteiger partial charge in [0.15, 0.2) is 0 Å². The predicted octanol–water partition coefficient (Wildman–Crippen LogP) is -2.18. The molecule has 17 heteroatoms. The van der Waals surface area contributed by atoms with Crippen LogP contribution in [-0.2, 0) is 45.7 Å². The number of hydrogen-bond donors (Lipinski definition) is 5. The van der Waals surface area contributed by atoms with Crippen molar-refractivity contribution in [3.63, 3.8) is 0 Å². The van der Waals surface area contributed by atoms with Crippen LogP contribution in [0.5, 0.6) is 0 Å². The molecule has 0 radical (unpaired) electrons. The minimum absolute atomic E-state index is 0.00895.